The number of aryl methyl sites for hydroxylation is 1. The first-order valence-corrected chi connectivity index (χ1v) is 5.95. The first kappa shape index (κ1) is 15.0. The zero-order chi connectivity index (χ0) is 14.4. The predicted molar refractivity (Wildman–Crippen MR) is 71.7 cm³/mol. The van der Waals surface area contributed by atoms with Gasteiger partial charge < -0.3 is 14.4 Å². The number of benzene rings is 1. The van der Waals surface area contributed by atoms with E-state index in [1.54, 1.807) is 21.3 Å². The van der Waals surface area contributed by atoms with E-state index in [2.05, 4.69) is 0 Å². The lowest BCUT2D eigenvalue weighted by Gasteiger charge is -2.16. The Balaban J connectivity index is 2.84. The van der Waals surface area contributed by atoms with Crippen molar-refractivity contribution in [2.75, 3.05) is 27.8 Å². The molecule has 5 heteroatoms. The van der Waals surface area contributed by atoms with Crippen LogP contribution in [0.25, 0.3) is 0 Å². The number of methoxy groups -OCH3 is 2. The van der Waals surface area contributed by atoms with Gasteiger partial charge in [-0.1, -0.05) is 0 Å². The van der Waals surface area contributed by atoms with Gasteiger partial charge in [-0.25, -0.2) is 0 Å². The molecule has 0 saturated heterocycles. The molecule has 0 saturated carbocycles. The van der Waals surface area contributed by atoms with Crippen LogP contribution in [0, 0.1) is 6.92 Å². The van der Waals surface area contributed by atoms with Crippen molar-refractivity contribution >= 4 is 12.2 Å². The summed E-state index contributed by atoms with van der Waals surface area (Å²) in [6.45, 7) is 2.45. The van der Waals surface area contributed by atoms with Gasteiger partial charge in [0.1, 0.15) is 0 Å². The van der Waals surface area contributed by atoms with Crippen LogP contribution in [0.15, 0.2) is 12.1 Å². The Morgan fingerprint density at radius 3 is 2.37 bits per heavy atom. The second-order valence-electron chi connectivity index (χ2n) is 4.26. The summed E-state index contributed by atoms with van der Waals surface area (Å²) in [5.41, 5.74) is 2.12. The van der Waals surface area contributed by atoms with Crippen molar-refractivity contribution in [1.29, 1.82) is 0 Å². The van der Waals surface area contributed by atoms with Gasteiger partial charge in [0.05, 0.1) is 14.2 Å². The maximum atomic E-state index is 11.2. The van der Waals surface area contributed by atoms with E-state index in [1.165, 1.54) is 4.90 Å². The third-order valence-electron chi connectivity index (χ3n) is 3.04. The van der Waals surface area contributed by atoms with Crippen molar-refractivity contribution in [2.24, 2.45) is 0 Å². The number of ether oxygens (including phenoxy) is 2. The number of likely N-dealkylation sites (N-methyl/N-ethyl adjacent to an activating group) is 1. The minimum absolute atomic E-state index is 0.321. The number of carbonyl (C=O) groups is 2. The maximum Gasteiger partial charge on any atom is 0.286 e. The van der Waals surface area contributed by atoms with Crippen LogP contribution in [0.4, 0.5) is 0 Å². The molecule has 0 fully saturated rings. The molecular weight excluding hydrogens is 246 g/mol. The molecule has 104 valence electrons. The van der Waals surface area contributed by atoms with Crippen molar-refractivity contribution in [3.8, 4) is 11.5 Å². The highest BCUT2D eigenvalue weighted by Gasteiger charge is 2.11. The molecule has 1 aromatic rings. The fourth-order valence-corrected chi connectivity index (χ4v) is 1.78. The highest BCUT2D eigenvalue weighted by molar-refractivity contribution is 6.23. The summed E-state index contributed by atoms with van der Waals surface area (Å²) in [5, 5.41) is 0. The molecule has 1 rings (SSSR count). The SMILES string of the molecule is COc1cc(C)c(CCN(C)C(=O)C=O)cc1OC. The van der Waals surface area contributed by atoms with E-state index in [0.29, 0.717) is 30.8 Å². The third-order valence-corrected chi connectivity index (χ3v) is 3.04. The smallest absolute Gasteiger partial charge is 0.286 e. The minimum Gasteiger partial charge on any atom is -0.493 e. The van der Waals surface area contributed by atoms with Gasteiger partial charge >= 0.3 is 0 Å². The highest BCUT2D eigenvalue weighted by atomic mass is 16.5. The molecular formula is C14H19NO4. The molecule has 0 bridgehead atoms. The lowest BCUT2D eigenvalue weighted by molar-refractivity contribution is -0.137. The normalized spacial score (nSPS) is 9.89. The van der Waals surface area contributed by atoms with Crippen molar-refractivity contribution in [1.82, 2.24) is 4.90 Å². The molecule has 0 aliphatic carbocycles. The van der Waals surface area contributed by atoms with Gasteiger partial charge in [0, 0.05) is 13.6 Å². The van der Waals surface area contributed by atoms with E-state index in [9.17, 15) is 9.59 Å². The number of amides is 1. The second-order valence-corrected chi connectivity index (χ2v) is 4.26. The van der Waals surface area contributed by atoms with Crippen LogP contribution in [-0.4, -0.2) is 44.9 Å². The minimum atomic E-state index is -0.516. The van der Waals surface area contributed by atoms with Gasteiger partial charge in [0.25, 0.3) is 5.91 Å². The Kier molecular flexibility index (Phi) is 5.36. The average Bonchev–Trinajstić information content (AvgIpc) is 2.44. The van der Waals surface area contributed by atoms with Crippen LogP contribution in [0.5, 0.6) is 11.5 Å². The molecule has 0 unspecified atom stereocenters. The average molecular weight is 265 g/mol. The van der Waals surface area contributed by atoms with Crippen LogP contribution >= 0.6 is 0 Å². The summed E-state index contributed by atoms with van der Waals surface area (Å²) < 4.78 is 10.5. The lowest BCUT2D eigenvalue weighted by atomic mass is 10.0. The Labute approximate surface area is 113 Å². The second kappa shape index (κ2) is 6.78. The van der Waals surface area contributed by atoms with Gasteiger partial charge in [0.15, 0.2) is 11.5 Å². The van der Waals surface area contributed by atoms with Gasteiger partial charge in [0.2, 0.25) is 6.29 Å². The molecule has 0 N–H and O–H groups in total. The zero-order valence-corrected chi connectivity index (χ0v) is 11.7. The van der Waals surface area contributed by atoms with E-state index in [4.69, 9.17) is 9.47 Å². The zero-order valence-electron chi connectivity index (χ0n) is 11.7. The quantitative estimate of drug-likeness (QED) is 0.573. The predicted octanol–water partition coefficient (Wildman–Crippen LogP) is 1.21. The Morgan fingerprint density at radius 2 is 1.84 bits per heavy atom. The number of carbonyl (C=O) groups excluding carboxylic acids is 2. The summed E-state index contributed by atoms with van der Waals surface area (Å²) in [6, 6.07) is 3.79. The number of aldehydes is 1. The first-order valence-electron chi connectivity index (χ1n) is 5.95. The topological polar surface area (TPSA) is 55.8 Å². The Bertz CT molecular complexity index is 471. The molecule has 19 heavy (non-hydrogen) atoms. The summed E-state index contributed by atoms with van der Waals surface area (Å²) in [4.78, 5) is 22.9. The van der Waals surface area contributed by atoms with Gasteiger partial charge in [-0.3, -0.25) is 9.59 Å². The molecule has 0 atom stereocenters. The number of hydrogen-bond acceptors (Lipinski definition) is 4. The van der Waals surface area contributed by atoms with Crippen LogP contribution in [0.3, 0.4) is 0 Å². The van der Waals surface area contributed by atoms with Gasteiger partial charge in [-0.05, 0) is 36.6 Å². The molecule has 0 heterocycles. The lowest BCUT2D eigenvalue weighted by Crippen LogP contribution is -2.29. The number of rotatable bonds is 6. The fourth-order valence-electron chi connectivity index (χ4n) is 1.78. The van der Waals surface area contributed by atoms with E-state index in [0.717, 1.165) is 11.1 Å². The molecule has 1 amide bonds. The summed E-state index contributed by atoms with van der Waals surface area (Å²) in [6.07, 6.45) is 0.976. The van der Waals surface area contributed by atoms with Gasteiger partial charge in [-0.15, -0.1) is 0 Å². The molecule has 0 aromatic heterocycles. The largest absolute Gasteiger partial charge is 0.493 e. The molecule has 0 aliphatic heterocycles. The molecule has 5 nitrogen and oxygen atoms in total. The fraction of sp³-hybridized carbons (Fsp3) is 0.429. The molecule has 1 aromatic carbocycles. The van der Waals surface area contributed by atoms with Gasteiger partial charge in [-0.2, -0.15) is 0 Å². The van der Waals surface area contributed by atoms with Crippen LogP contribution in [0.1, 0.15) is 11.1 Å². The van der Waals surface area contributed by atoms with E-state index < -0.39 is 5.91 Å². The Morgan fingerprint density at radius 1 is 1.26 bits per heavy atom. The number of nitrogens with zero attached hydrogens (tertiary/aromatic N) is 1. The van der Waals surface area contributed by atoms with Crippen molar-refractivity contribution in [3.05, 3.63) is 23.3 Å². The van der Waals surface area contributed by atoms with Crippen molar-refractivity contribution < 1.29 is 19.1 Å². The van der Waals surface area contributed by atoms with Crippen molar-refractivity contribution in [3.63, 3.8) is 0 Å². The number of hydrogen-bond donors (Lipinski definition) is 0. The summed E-state index contributed by atoms with van der Waals surface area (Å²) in [7, 11) is 4.78. The molecule has 0 spiro atoms. The monoisotopic (exact) mass is 265 g/mol. The highest BCUT2D eigenvalue weighted by Crippen LogP contribution is 2.30. The van der Waals surface area contributed by atoms with Crippen molar-refractivity contribution in [2.45, 2.75) is 13.3 Å². The summed E-state index contributed by atoms with van der Waals surface area (Å²) in [5.74, 6) is 0.826. The van der Waals surface area contributed by atoms with E-state index >= 15 is 0 Å². The molecule has 0 aliphatic rings. The van der Waals surface area contributed by atoms with Crippen LogP contribution in [0.2, 0.25) is 0 Å². The van der Waals surface area contributed by atoms with E-state index in [-0.39, 0.29) is 0 Å². The van der Waals surface area contributed by atoms with E-state index in [1.807, 2.05) is 19.1 Å². The third kappa shape index (κ3) is 3.71. The van der Waals surface area contributed by atoms with Crippen LogP contribution < -0.4 is 9.47 Å². The standard InChI is InChI=1S/C14H19NO4/c1-10-7-12(18-3)13(19-4)8-11(10)5-6-15(2)14(17)9-16/h7-9H,5-6H2,1-4H3. The van der Waals surface area contributed by atoms with Crippen LogP contribution in [-0.2, 0) is 16.0 Å². The first-order chi connectivity index (χ1) is 9.03. The summed E-state index contributed by atoms with van der Waals surface area (Å²) >= 11 is 0. The maximum absolute atomic E-state index is 11.2. The Hall–Kier alpha value is -2.04. The molecule has 0 radical (unpaired) electrons.